The highest BCUT2D eigenvalue weighted by Crippen LogP contribution is 2.35. The highest BCUT2D eigenvalue weighted by molar-refractivity contribution is 5.88. The van der Waals surface area contributed by atoms with Crippen LogP contribution < -0.4 is 0 Å². The van der Waals surface area contributed by atoms with Crippen LogP contribution in [0.15, 0.2) is 79.4 Å². The molecular weight excluding hydrogens is 320 g/mol. The van der Waals surface area contributed by atoms with E-state index in [2.05, 4.69) is 4.98 Å². The molecule has 0 radical (unpaired) electrons. The number of rotatable bonds is 4. The summed E-state index contributed by atoms with van der Waals surface area (Å²) in [4.78, 5) is 29.2. The summed E-state index contributed by atoms with van der Waals surface area (Å²) in [6.45, 7) is 0. The molecule has 0 unspecified atom stereocenters. The van der Waals surface area contributed by atoms with Gasteiger partial charge in [-0.3, -0.25) is 0 Å². The standard InChI is InChI=1S/C19H16N2O4/c1-24-17(22)19(15-8-4-2-5-9-15,16-10-6-3-7-11-16)25-18(23)21-13-12-20-14-21/h2-14H,1H3. The first-order valence-electron chi connectivity index (χ1n) is 7.59. The minimum absolute atomic E-state index is 0.488. The van der Waals surface area contributed by atoms with Gasteiger partial charge in [0.05, 0.1) is 7.11 Å². The fourth-order valence-electron chi connectivity index (χ4n) is 2.60. The molecule has 126 valence electrons. The fourth-order valence-corrected chi connectivity index (χ4v) is 2.60. The zero-order chi connectivity index (χ0) is 17.7. The van der Waals surface area contributed by atoms with Gasteiger partial charge in [-0.1, -0.05) is 60.7 Å². The molecule has 3 rings (SSSR count). The highest BCUT2D eigenvalue weighted by atomic mass is 16.6. The number of aromatic nitrogens is 2. The molecule has 1 aromatic heterocycles. The van der Waals surface area contributed by atoms with Crippen LogP contribution in [0.25, 0.3) is 0 Å². The van der Waals surface area contributed by atoms with Crippen LogP contribution in [0.5, 0.6) is 0 Å². The molecule has 0 aliphatic carbocycles. The smallest absolute Gasteiger partial charge is 0.421 e. The Morgan fingerprint density at radius 2 is 1.52 bits per heavy atom. The molecule has 0 aliphatic rings. The van der Waals surface area contributed by atoms with Crippen LogP contribution in [0.2, 0.25) is 0 Å². The van der Waals surface area contributed by atoms with Crippen LogP contribution >= 0.6 is 0 Å². The van der Waals surface area contributed by atoms with Crippen molar-refractivity contribution >= 4 is 12.1 Å². The summed E-state index contributed by atoms with van der Waals surface area (Å²) >= 11 is 0. The van der Waals surface area contributed by atoms with Crippen molar-refractivity contribution in [3.8, 4) is 0 Å². The minimum atomic E-state index is -1.72. The maximum atomic E-state index is 12.8. The first-order valence-corrected chi connectivity index (χ1v) is 7.59. The normalized spacial score (nSPS) is 10.9. The fraction of sp³-hybridized carbons (Fsp3) is 0.105. The van der Waals surface area contributed by atoms with Crippen LogP contribution in [-0.4, -0.2) is 28.7 Å². The van der Waals surface area contributed by atoms with E-state index in [1.807, 2.05) is 12.1 Å². The molecule has 0 saturated heterocycles. The third kappa shape index (κ3) is 3.01. The lowest BCUT2D eigenvalue weighted by molar-refractivity contribution is -0.159. The van der Waals surface area contributed by atoms with Gasteiger partial charge in [-0.25, -0.2) is 19.1 Å². The van der Waals surface area contributed by atoms with Crippen molar-refractivity contribution in [3.63, 3.8) is 0 Å². The Balaban J connectivity index is 2.18. The zero-order valence-electron chi connectivity index (χ0n) is 13.5. The number of carbonyl (C=O) groups excluding carboxylic acids is 2. The van der Waals surface area contributed by atoms with E-state index in [4.69, 9.17) is 9.47 Å². The van der Waals surface area contributed by atoms with E-state index in [1.165, 1.54) is 25.8 Å². The molecular formula is C19H16N2O4. The number of methoxy groups -OCH3 is 1. The molecule has 0 N–H and O–H groups in total. The molecule has 1 heterocycles. The Morgan fingerprint density at radius 3 is 1.96 bits per heavy atom. The van der Waals surface area contributed by atoms with Gasteiger partial charge in [-0.05, 0) is 0 Å². The van der Waals surface area contributed by atoms with Crippen molar-refractivity contribution in [3.05, 3.63) is 90.5 Å². The molecule has 0 spiro atoms. The van der Waals surface area contributed by atoms with Crippen molar-refractivity contribution in [2.45, 2.75) is 5.60 Å². The van der Waals surface area contributed by atoms with Crippen molar-refractivity contribution in [1.82, 2.24) is 9.55 Å². The lowest BCUT2D eigenvalue weighted by Crippen LogP contribution is -2.43. The molecule has 0 amide bonds. The van der Waals surface area contributed by atoms with Gasteiger partial charge in [0, 0.05) is 23.5 Å². The van der Waals surface area contributed by atoms with Gasteiger partial charge in [-0.2, -0.15) is 0 Å². The lowest BCUT2D eigenvalue weighted by atomic mass is 9.86. The first kappa shape index (κ1) is 16.4. The zero-order valence-corrected chi connectivity index (χ0v) is 13.5. The lowest BCUT2D eigenvalue weighted by Gasteiger charge is -2.31. The number of imidazole rings is 1. The topological polar surface area (TPSA) is 70.4 Å². The number of carbonyl (C=O) groups is 2. The molecule has 25 heavy (non-hydrogen) atoms. The van der Waals surface area contributed by atoms with Gasteiger partial charge < -0.3 is 9.47 Å². The predicted molar refractivity (Wildman–Crippen MR) is 89.8 cm³/mol. The average Bonchev–Trinajstić information content (AvgIpc) is 3.22. The minimum Gasteiger partial charge on any atom is -0.466 e. The van der Waals surface area contributed by atoms with Crippen LogP contribution in [0.4, 0.5) is 4.79 Å². The Hall–Kier alpha value is -3.41. The van der Waals surface area contributed by atoms with E-state index >= 15 is 0 Å². The van der Waals surface area contributed by atoms with Crippen molar-refractivity contribution in [2.75, 3.05) is 7.11 Å². The summed E-state index contributed by atoms with van der Waals surface area (Å²) in [5.41, 5.74) is -0.749. The van der Waals surface area contributed by atoms with Crippen molar-refractivity contribution in [1.29, 1.82) is 0 Å². The monoisotopic (exact) mass is 336 g/mol. The van der Waals surface area contributed by atoms with E-state index in [0.717, 1.165) is 4.57 Å². The van der Waals surface area contributed by atoms with Crippen LogP contribution in [-0.2, 0) is 19.9 Å². The van der Waals surface area contributed by atoms with Crippen LogP contribution in [0.1, 0.15) is 11.1 Å². The van der Waals surface area contributed by atoms with Gasteiger partial charge in [0.25, 0.3) is 5.60 Å². The third-order valence-corrected chi connectivity index (χ3v) is 3.79. The molecule has 0 fully saturated rings. The number of benzene rings is 2. The van der Waals surface area contributed by atoms with E-state index in [1.54, 1.807) is 48.5 Å². The number of nitrogens with zero attached hydrogens (tertiary/aromatic N) is 2. The van der Waals surface area contributed by atoms with Gasteiger partial charge >= 0.3 is 12.1 Å². The van der Waals surface area contributed by atoms with Gasteiger partial charge in [0.15, 0.2) is 0 Å². The van der Waals surface area contributed by atoms with Crippen LogP contribution in [0.3, 0.4) is 0 Å². The highest BCUT2D eigenvalue weighted by Gasteiger charge is 2.47. The van der Waals surface area contributed by atoms with Crippen molar-refractivity contribution < 1.29 is 19.1 Å². The molecule has 0 aliphatic heterocycles. The largest absolute Gasteiger partial charge is 0.466 e. The molecule has 2 aromatic carbocycles. The van der Waals surface area contributed by atoms with Crippen molar-refractivity contribution in [2.24, 2.45) is 0 Å². The number of ether oxygens (including phenoxy) is 2. The Bertz CT molecular complexity index is 806. The maximum Gasteiger partial charge on any atom is 0.421 e. The molecule has 0 saturated carbocycles. The summed E-state index contributed by atoms with van der Waals surface area (Å²) in [5.74, 6) is -0.696. The summed E-state index contributed by atoms with van der Waals surface area (Å²) in [6.07, 6.45) is 3.46. The van der Waals surface area contributed by atoms with E-state index in [0.29, 0.717) is 11.1 Å². The predicted octanol–water partition coefficient (Wildman–Crippen LogP) is 2.98. The quantitative estimate of drug-likeness (QED) is 0.685. The summed E-state index contributed by atoms with van der Waals surface area (Å²) < 4.78 is 11.9. The summed E-state index contributed by atoms with van der Waals surface area (Å²) in [5, 5.41) is 0. The third-order valence-electron chi connectivity index (χ3n) is 3.79. The molecule has 0 bridgehead atoms. The second kappa shape index (κ2) is 7.00. The first-order chi connectivity index (χ1) is 12.2. The molecule has 3 aromatic rings. The van der Waals surface area contributed by atoms with E-state index < -0.39 is 17.7 Å². The van der Waals surface area contributed by atoms with Gasteiger partial charge in [0.2, 0.25) is 0 Å². The van der Waals surface area contributed by atoms with Gasteiger partial charge in [0.1, 0.15) is 6.33 Å². The molecule has 6 heteroatoms. The van der Waals surface area contributed by atoms with Gasteiger partial charge in [-0.15, -0.1) is 0 Å². The average molecular weight is 336 g/mol. The second-order valence-electron chi connectivity index (χ2n) is 5.24. The number of hydrogen-bond donors (Lipinski definition) is 0. The van der Waals surface area contributed by atoms with E-state index in [9.17, 15) is 9.59 Å². The SMILES string of the molecule is COC(=O)C(OC(=O)n1ccnc1)(c1ccccc1)c1ccccc1. The summed E-state index contributed by atoms with van der Waals surface area (Å²) in [6, 6.07) is 17.5. The number of esters is 1. The Labute approximate surface area is 144 Å². The Morgan fingerprint density at radius 1 is 0.960 bits per heavy atom. The number of hydrogen-bond acceptors (Lipinski definition) is 5. The molecule has 6 nitrogen and oxygen atoms in total. The van der Waals surface area contributed by atoms with E-state index in [-0.39, 0.29) is 0 Å². The maximum absolute atomic E-state index is 12.8. The second-order valence-corrected chi connectivity index (χ2v) is 5.24. The summed E-state index contributed by atoms with van der Waals surface area (Å²) in [7, 11) is 1.26. The Kier molecular flexibility index (Phi) is 4.61. The van der Waals surface area contributed by atoms with Crippen LogP contribution in [0, 0.1) is 0 Å². The molecule has 0 atom stereocenters.